The summed E-state index contributed by atoms with van der Waals surface area (Å²) < 4.78 is 0.774. The molecule has 7 heteroatoms. The maximum atomic E-state index is 11.8. The number of amides is 1. The predicted molar refractivity (Wildman–Crippen MR) is 74.8 cm³/mol. The summed E-state index contributed by atoms with van der Waals surface area (Å²) in [6.07, 6.45) is 6.46. The Hall–Kier alpha value is -2.02. The van der Waals surface area contributed by atoms with Crippen LogP contribution in [0.2, 0.25) is 0 Å². The van der Waals surface area contributed by atoms with Crippen LogP contribution < -0.4 is 10.6 Å². The Morgan fingerprint density at radius 3 is 2.74 bits per heavy atom. The first-order chi connectivity index (χ1) is 9.25. The second-order valence-corrected chi connectivity index (χ2v) is 4.56. The van der Waals surface area contributed by atoms with Gasteiger partial charge in [0.05, 0.1) is 5.56 Å². The van der Waals surface area contributed by atoms with Gasteiger partial charge in [-0.3, -0.25) is 9.78 Å². The molecule has 2 aromatic heterocycles. The van der Waals surface area contributed by atoms with Crippen molar-refractivity contribution in [1.29, 1.82) is 0 Å². The molecule has 19 heavy (non-hydrogen) atoms. The van der Waals surface area contributed by atoms with E-state index >= 15 is 0 Å². The molecule has 2 aromatic rings. The number of halogens is 1. The van der Waals surface area contributed by atoms with Crippen molar-refractivity contribution in [3.63, 3.8) is 0 Å². The normalized spacial score (nSPS) is 9.95. The monoisotopic (exact) mass is 321 g/mol. The highest BCUT2D eigenvalue weighted by atomic mass is 79.9. The lowest BCUT2D eigenvalue weighted by Crippen LogP contribution is -2.29. The van der Waals surface area contributed by atoms with Crippen LogP contribution in [0.15, 0.2) is 41.4 Å². The van der Waals surface area contributed by atoms with Crippen LogP contribution >= 0.6 is 15.9 Å². The van der Waals surface area contributed by atoms with Gasteiger partial charge in [0.1, 0.15) is 0 Å². The van der Waals surface area contributed by atoms with Crippen LogP contribution in [-0.4, -0.2) is 33.9 Å². The van der Waals surface area contributed by atoms with Crippen LogP contribution in [0.3, 0.4) is 0 Å². The zero-order valence-electron chi connectivity index (χ0n) is 10.0. The van der Waals surface area contributed by atoms with Crippen molar-refractivity contribution in [3.8, 4) is 0 Å². The highest BCUT2D eigenvalue weighted by molar-refractivity contribution is 9.10. The van der Waals surface area contributed by atoms with Gasteiger partial charge >= 0.3 is 0 Å². The molecule has 2 rings (SSSR count). The van der Waals surface area contributed by atoms with Crippen LogP contribution in [0.4, 0.5) is 5.95 Å². The summed E-state index contributed by atoms with van der Waals surface area (Å²) >= 11 is 3.27. The molecule has 0 radical (unpaired) electrons. The molecule has 0 bridgehead atoms. The summed E-state index contributed by atoms with van der Waals surface area (Å²) in [4.78, 5) is 23.7. The third kappa shape index (κ3) is 4.29. The largest absolute Gasteiger partial charge is 0.352 e. The van der Waals surface area contributed by atoms with Gasteiger partial charge in [0.15, 0.2) is 0 Å². The topological polar surface area (TPSA) is 79.8 Å². The Morgan fingerprint density at radius 2 is 2.00 bits per heavy atom. The first-order valence-corrected chi connectivity index (χ1v) is 6.44. The number of hydrogen-bond donors (Lipinski definition) is 2. The summed E-state index contributed by atoms with van der Waals surface area (Å²) in [5, 5.41) is 5.78. The Labute approximate surface area is 118 Å². The van der Waals surface area contributed by atoms with Gasteiger partial charge in [-0.25, -0.2) is 9.97 Å². The molecule has 0 saturated carbocycles. The van der Waals surface area contributed by atoms with E-state index in [9.17, 15) is 4.79 Å². The lowest BCUT2D eigenvalue weighted by molar-refractivity contribution is 0.0954. The number of rotatable bonds is 5. The molecule has 2 N–H and O–H groups in total. The van der Waals surface area contributed by atoms with Crippen molar-refractivity contribution in [2.24, 2.45) is 0 Å². The molecule has 0 aromatic carbocycles. The van der Waals surface area contributed by atoms with Crippen LogP contribution in [0.5, 0.6) is 0 Å². The minimum Gasteiger partial charge on any atom is -0.352 e. The van der Waals surface area contributed by atoms with Crippen molar-refractivity contribution >= 4 is 27.8 Å². The zero-order chi connectivity index (χ0) is 13.5. The quantitative estimate of drug-likeness (QED) is 0.815. The first kappa shape index (κ1) is 13.4. The number of aromatic nitrogens is 3. The standard InChI is InChI=1S/C12H12BrN5O/c13-10-6-9(7-14-8-10)11(19)15-4-5-18-12-16-2-1-3-17-12/h1-3,6-8H,4-5H2,(H,15,19)(H,16,17,18). The highest BCUT2D eigenvalue weighted by Gasteiger charge is 2.05. The Balaban J connectivity index is 1.75. The molecule has 0 unspecified atom stereocenters. The number of nitrogens with zero attached hydrogens (tertiary/aromatic N) is 3. The van der Waals surface area contributed by atoms with E-state index in [1.54, 1.807) is 30.7 Å². The molecule has 0 atom stereocenters. The van der Waals surface area contributed by atoms with Crippen molar-refractivity contribution in [3.05, 3.63) is 47.0 Å². The van der Waals surface area contributed by atoms with E-state index in [1.807, 2.05) is 0 Å². The van der Waals surface area contributed by atoms with Gasteiger partial charge < -0.3 is 10.6 Å². The van der Waals surface area contributed by atoms with Crippen LogP contribution in [0.1, 0.15) is 10.4 Å². The molecular formula is C12H12BrN5O. The van der Waals surface area contributed by atoms with Gasteiger partial charge in [0.2, 0.25) is 5.95 Å². The maximum Gasteiger partial charge on any atom is 0.252 e. The number of carbonyl (C=O) groups excluding carboxylic acids is 1. The maximum absolute atomic E-state index is 11.8. The number of hydrogen-bond acceptors (Lipinski definition) is 5. The summed E-state index contributed by atoms with van der Waals surface area (Å²) in [5.41, 5.74) is 0.519. The molecule has 0 fully saturated rings. The zero-order valence-corrected chi connectivity index (χ0v) is 11.6. The first-order valence-electron chi connectivity index (χ1n) is 5.65. The lowest BCUT2D eigenvalue weighted by atomic mass is 10.3. The van der Waals surface area contributed by atoms with Gasteiger partial charge in [-0.1, -0.05) is 0 Å². The minimum absolute atomic E-state index is 0.162. The third-order valence-electron chi connectivity index (χ3n) is 2.23. The van der Waals surface area contributed by atoms with E-state index in [2.05, 4.69) is 41.5 Å². The summed E-state index contributed by atoms with van der Waals surface area (Å²) in [6, 6.07) is 3.46. The number of carbonyl (C=O) groups is 1. The van der Waals surface area contributed by atoms with Gasteiger partial charge in [0, 0.05) is 42.3 Å². The van der Waals surface area contributed by atoms with E-state index in [0.29, 0.717) is 24.6 Å². The molecule has 0 saturated heterocycles. The minimum atomic E-state index is -0.162. The van der Waals surface area contributed by atoms with Crippen molar-refractivity contribution in [1.82, 2.24) is 20.3 Å². The predicted octanol–water partition coefficient (Wildman–Crippen LogP) is 1.48. The second kappa shape index (κ2) is 6.79. The van der Waals surface area contributed by atoms with Crippen molar-refractivity contribution < 1.29 is 4.79 Å². The van der Waals surface area contributed by atoms with Gasteiger partial charge in [-0.2, -0.15) is 0 Å². The lowest BCUT2D eigenvalue weighted by Gasteiger charge is -2.06. The average Bonchev–Trinajstić information content (AvgIpc) is 2.44. The van der Waals surface area contributed by atoms with Crippen LogP contribution in [0, 0.1) is 0 Å². The number of pyridine rings is 1. The van der Waals surface area contributed by atoms with Gasteiger partial charge in [-0.15, -0.1) is 0 Å². The molecule has 0 aliphatic heterocycles. The van der Waals surface area contributed by atoms with Crippen LogP contribution in [-0.2, 0) is 0 Å². The second-order valence-electron chi connectivity index (χ2n) is 3.65. The Kier molecular flexibility index (Phi) is 4.79. The smallest absolute Gasteiger partial charge is 0.252 e. The fourth-order valence-corrected chi connectivity index (χ4v) is 1.74. The van der Waals surface area contributed by atoms with E-state index < -0.39 is 0 Å². The Morgan fingerprint density at radius 1 is 1.21 bits per heavy atom. The molecule has 2 heterocycles. The highest BCUT2D eigenvalue weighted by Crippen LogP contribution is 2.09. The van der Waals surface area contributed by atoms with E-state index in [4.69, 9.17) is 0 Å². The summed E-state index contributed by atoms with van der Waals surface area (Å²) in [5.74, 6) is 0.380. The van der Waals surface area contributed by atoms with E-state index in [-0.39, 0.29) is 5.91 Å². The van der Waals surface area contributed by atoms with Crippen molar-refractivity contribution in [2.45, 2.75) is 0 Å². The number of nitrogens with one attached hydrogen (secondary N) is 2. The average molecular weight is 322 g/mol. The molecule has 0 spiro atoms. The van der Waals surface area contributed by atoms with Crippen LogP contribution in [0.25, 0.3) is 0 Å². The fraction of sp³-hybridized carbons (Fsp3) is 0.167. The van der Waals surface area contributed by atoms with Gasteiger partial charge in [-0.05, 0) is 28.1 Å². The molecule has 0 aliphatic carbocycles. The third-order valence-corrected chi connectivity index (χ3v) is 2.66. The molecule has 1 amide bonds. The molecule has 0 aliphatic rings. The number of anilines is 1. The SMILES string of the molecule is O=C(NCCNc1ncccn1)c1cncc(Br)c1. The van der Waals surface area contributed by atoms with E-state index in [0.717, 1.165) is 4.47 Å². The van der Waals surface area contributed by atoms with E-state index in [1.165, 1.54) is 6.20 Å². The fourth-order valence-electron chi connectivity index (χ4n) is 1.38. The molecule has 98 valence electrons. The van der Waals surface area contributed by atoms with Gasteiger partial charge in [0.25, 0.3) is 5.91 Å². The molecule has 6 nitrogen and oxygen atoms in total. The van der Waals surface area contributed by atoms with Crippen molar-refractivity contribution in [2.75, 3.05) is 18.4 Å². The molecular weight excluding hydrogens is 310 g/mol. The summed E-state index contributed by atoms with van der Waals surface area (Å²) in [7, 11) is 0. The Bertz CT molecular complexity index is 549. The summed E-state index contributed by atoms with van der Waals surface area (Å²) in [6.45, 7) is 1.03.